The van der Waals surface area contributed by atoms with Crippen LogP contribution in [-0.4, -0.2) is 69.6 Å². The van der Waals surface area contributed by atoms with Crippen molar-refractivity contribution in [2.45, 2.75) is 104 Å². The van der Waals surface area contributed by atoms with Gasteiger partial charge in [0.15, 0.2) is 0 Å². The number of epoxide rings is 1. The van der Waals surface area contributed by atoms with Crippen molar-refractivity contribution in [3.8, 4) is 0 Å². The number of ketones is 1. The van der Waals surface area contributed by atoms with Crippen molar-refractivity contribution < 1.29 is 29.3 Å². The molecule has 7 atom stereocenters. The maximum Gasteiger partial charge on any atom is 0.309 e. The number of aliphatic hydroxyl groups is 2. The molecule has 3 heterocycles. The fraction of sp³-hybridized carbons (Fsp3) is 0.731. The highest BCUT2D eigenvalue weighted by atomic mass is 32.1. The molecule has 9 heteroatoms. The Morgan fingerprint density at radius 3 is 2.57 bits per heavy atom. The Hall–Kier alpha value is -1.65. The van der Waals surface area contributed by atoms with Crippen molar-refractivity contribution in [3.05, 3.63) is 21.7 Å². The van der Waals surface area contributed by atoms with E-state index in [1.54, 1.807) is 32.1 Å². The molecule has 1 aromatic rings. The average molecular weight is 509 g/mol. The zero-order valence-corrected chi connectivity index (χ0v) is 22.6. The Labute approximate surface area is 212 Å². The minimum Gasteiger partial charge on any atom is -0.458 e. The molecule has 1 aromatic heterocycles. The lowest BCUT2D eigenvalue weighted by Gasteiger charge is -2.34. The predicted molar refractivity (Wildman–Crippen MR) is 135 cm³/mol. The number of aromatic nitrogens is 1. The molecule has 3 rings (SSSR count). The van der Waals surface area contributed by atoms with Crippen molar-refractivity contribution in [1.29, 1.82) is 0 Å². The van der Waals surface area contributed by atoms with Gasteiger partial charge < -0.3 is 25.0 Å². The molecule has 0 bridgehead atoms. The summed E-state index contributed by atoms with van der Waals surface area (Å²) in [6.07, 6.45) is -0.00321. The molecule has 0 aliphatic carbocycles. The number of hydrogen-bond donors (Lipinski definition) is 3. The largest absolute Gasteiger partial charge is 0.458 e. The topological polar surface area (TPSA) is 121 Å². The van der Waals surface area contributed by atoms with Crippen LogP contribution in [0.15, 0.2) is 11.0 Å². The van der Waals surface area contributed by atoms with Gasteiger partial charge in [0.25, 0.3) is 0 Å². The van der Waals surface area contributed by atoms with E-state index in [2.05, 4.69) is 10.3 Å². The summed E-state index contributed by atoms with van der Waals surface area (Å²) in [5.41, 5.74) is 0.0632. The van der Waals surface area contributed by atoms with Crippen LogP contribution in [0.4, 0.5) is 0 Å². The van der Waals surface area contributed by atoms with Crippen molar-refractivity contribution >= 4 is 29.2 Å². The van der Waals surface area contributed by atoms with E-state index in [1.165, 1.54) is 0 Å². The number of ether oxygens (including phenoxy) is 2. The summed E-state index contributed by atoms with van der Waals surface area (Å²) in [7, 11) is 0. The monoisotopic (exact) mass is 508 g/mol. The minimum atomic E-state index is -1.25. The van der Waals surface area contributed by atoms with Gasteiger partial charge in [-0.1, -0.05) is 20.8 Å². The molecule has 3 N–H and O–H groups in total. The van der Waals surface area contributed by atoms with Crippen LogP contribution in [0.5, 0.6) is 0 Å². The molecule has 0 unspecified atom stereocenters. The van der Waals surface area contributed by atoms with Crippen LogP contribution < -0.4 is 5.32 Å². The van der Waals surface area contributed by atoms with Gasteiger partial charge in [0.05, 0.1) is 46.5 Å². The number of carbonyl (C=O) groups excluding carboxylic acids is 2. The Morgan fingerprint density at radius 2 is 1.94 bits per heavy atom. The summed E-state index contributed by atoms with van der Waals surface area (Å²) in [5.74, 6) is -1.59. The number of Topliss-reactive ketones (excluding diaryl/α,β-unsaturated/α-hetero) is 1. The van der Waals surface area contributed by atoms with Crippen LogP contribution in [-0.2, 0) is 19.1 Å². The van der Waals surface area contributed by atoms with Crippen LogP contribution in [0.2, 0.25) is 0 Å². The highest BCUT2D eigenvalue weighted by Gasteiger charge is 2.53. The van der Waals surface area contributed by atoms with Crippen LogP contribution in [0.3, 0.4) is 0 Å². The quantitative estimate of drug-likeness (QED) is 0.412. The van der Waals surface area contributed by atoms with E-state index in [-0.39, 0.29) is 30.0 Å². The van der Waals surface area contributed by atoms with E-state index >= 15 is 0 Å². The molecule has 0 amide bonds. The molecule has 0 saturated carbocycles. The first-order valence-corrected chi connectivity index (χ1v) is 13.2. The summed E-state index contributed by atoms with van der Waals surface area (Å²) in [6, 6.07) is -0.319. The second kappa shape index (κ2) is 10.8. The second-order valence-electron chi connectivity index (χ2n) is 10.9. The number of nitrogens with one attached hydrogen (secondary N) is 1. The molecular formula is C26H40N2O6S. The van der Waals surface area contributed by atoms with Crippen molar-refractivity contribution in [2.75, 3.05) is 6.54 Å². The minimum absolute atomic E-state index is 0.0855. The molecule has 0 spiro atoms. The van der Waals surface area contributed by atoms with Crippen LogP contribution in [0.1, 0.15) is 71.5 Å². The van der Waals surface area contributed by atoms with E-state index in [1.807, 2.05) is 39.2 Å². The van der Waals surface area contributed by atoms with E-state index in [4.69, 9.17) is 9.47 Å². The van der Waals surface area contributed by atoms with Crippen LogP contribution in [0.25, 0.3) is 6.08 Å². The Balaban J connectivity index is 1.85. The van der Waals surface area contributed by atoms with E-state index < -0.39 is 35.6 Å². The van der Waals surface area contributed by atoms with E-state index in [0.29, 0.717) is 13.0 Å². The van der Waals surface area contributed by atoms with Crippen molar-refractivity contribution in [2.24, 2.45) is 11.3 Å². The fourth-order valence-electron chi connectivity index (χ4n) is 4.73. The third-order valence-corrected chi connectivity index (χ3v) is 8.40. The van der Waals surface area contributed by atoms with Gasteiger partial charge in [-0.15, -0.1) is 11.3 Å². The predicted octanol–water partition coefficient (Wildman–Crippen LogP) is 3.04. The normalized spacial score (nSPS) is 37.5. The summed E-state index contributed by atoms with van der Waals surface area (Å²) in [5, 5.41) is 27.8. The standard InChI is InChI=1S/C26H40N2O6S/c1-14(10-18-13-35-17(4)28-18)19-11-21-26(7,34-21)8-9-27-16(3)23(31)15(2)24(32)25(5,6)20(29)12-22(30)33-19/h10,13,15-16,19-21,23,27,29,31H,8-9,11-12H2,1-7H3/b14-10+/t15-,16-,19+,20+,21+,23-,26-/m1/s1. The Morgan fingerprint density at radius 1 is 1.26 bits per heavy atom. The molecule has 0 radical (unpaired) electrons. The maximum absolute atomic E-state index is 13.2. The molecule has 0 aromatic carbocycles. The van der Waals surface area contributed by atoms with Gasteiger partial charge >= 0.3 is 5.97 Å². The van der Waals surface area contributed by atoms with E-state index in [0.717, 1.165) is 22.7 Å². The SMILES string of the molecule is C/C(=C\c1csc(C)n1)[C@@H]1C[C@@H]2O[C@]2(C)CCN[C@H](C)[C@H](O)[C@@H](C)C(=O)C(C)(C)[C@@H](O)CC(=O)O1. The molecule has 8 nitrogen and oxygen atoms in total. The number of fused-ring (bicyclic) bond motifs is 1. The maximum atomic E-state index is 13.2. The molecule has 2 aliphatic heterocycles. The van der Waals surface area contributed by atoms with Gasteiger partial charge in [-0.05, 0) is 52.3 Å². The lowest BCUT2D eigenvalue weighted by atomic mass is 9.74. The number of nitrogens with zero attached hydrogens (tertiary/aromatic N) is 1. The number of aryl methyl sites for hydroxylation is 1. The number of esters is 1. The van der Waals surface area contributed by atoms with Gasteiger partial charge in [-0.2, -0.15) is 0 Å². The zero-order chi connectivity index (χ0) is 26.1. The summed E-state index contributed by atoms with van der Waals surface area (Å²) < 4.78 is 11.9. The summed E-state index contributed by atoms with van der Waals surface area (Å²) in [4.78, 5) is 30.6. The number of hydrogen-bond acceptors (Lipinski definition) is 9. The second-order valence-corrected chi connectivity index (χ2v) is 12.0. The number of thiazole rings is 1. The number of rotatable bonds is 2. The average Bonchev–Trinajstić information content (AvgIpc) is 3.22. The lowest BCUT2D eigenvalue weighted by molar-refractivity contribution is -0.154. The van der Waals surface area contributed by atoms with Gasteiger partial charge in [0, 0.05) is 23.8 Å². The first-order valence-electron chi connectivity index (χ1n) is 12.4. The van der Waals surface area contributed by atoms with Gasteiger partial charge in [-0.3, -0.25) is 9.59 Å². The highest BCUT2D eigenvalue weighted by Crippen LogP contribution is 2.43. The van der Waals surface area contributed by atoms with E-state index in [9.17, 15) is 19.8 Å². The molecular weight excluding hydrogens is 468 g/mol. The van der Waals surface area contributed by atoms with Crippen molar-refractivity contribution in [3.63, 3.8) is 0 Å². The lowest BCUT2D eigenvalue weighted by Crippen LogP contribution is -2.49. The van der Waals surface area contributed by atoms with Gasteiger partial charge in [0.2, 0.25) is 0 Å². The van der Waals surface area contributed by atoms with Crippen LogP contribution in [0, 0.1) is 18.3 Å². The number of carbonyl (C=O) groups is 2. The highest BCUT2D eigenvalue weighted by molar-refractivity contribution is 7.09. The third-order valence-electron chi connectivity index (χ3n) is 7.61. The van der Waals surface area contributed by atoms with Gasteiger partial charge in [0.1, 0.15) is 11.9 Å². The first-order chi connectivity index (χ1) is 16.2. The fourth-order valence-corrected chi connectivity index (χ4v) is 5.30. The molecule has 2 saturated heterocycles. The molecule has 2 fully saturated rings. The molecule has 35 heavy (non-hydrogen) atoms. The smallest absolute Gasteiger partial charge is 0.309 e. The Kier molecular flexibility index (Phi) is 8.59. The Bertz CT molecular complexity index is 959. The number of aliphatic hydroxyl groups excluding tert-OH is 2. The van der Waals surface area contributed by atoms with Crippen LogP contribution >= 0.6 is 11.3 Å². The number of cyclic esters (lactones) is 1. The zero-order valence-electron chi connectivity index (χ0n) is 21.8. The van der Waals surface area contributed by atoms with Gasteiger partial charge in [-0.25, -0.2) is 4.98 Å². The third kappa shape index (κ3) is 6.57. The summed E-state index contributed by atoms with van der Waals surface area (Å²) in [6.45, 7) is 13.2. The molecule has 2 aliphatic rings. The molecule has 196 valence electrons. The van der Waals surface area contributed by atoms with Crippen molar-refractivity contribution in [1.82, 2.24) is 10.3 Å². The summed E-state index contributed by atoms with van der Waals surface area (Å²) >= 11 is 1.55. The first kappa shape index (κ1) is 27.9.